The van der Waals surface area contributed by atoms with E-state index in [0.29, 0.717) is 32.7 Å². The fraction of sp³-hybridized carbons (Fsp3) is 0.579. The van der Waals surface area contributed by atoms with Crippen molar-refractivity contribution in [3.8, 4) is 0 Å². The first-order chi connectivity index (χ1) is 13.7. The van der Waals surface area contributed by atoms with Crippen LogP contribution >= 0.6 is 11.6 Å². The van der Waals surface area contributed by atoms with Gasteiger partial charge in [0.05, 0.1) is 29.4 Å². The van der Waals surface area contributed by atoms with Crippen LogP contribution in [-0.2, 0) is 15.8 Å². The van der Waals surface area contributed by atoms with Gasteiger partial charge in [0.2, 0.25) is 11.8 Å². The van der Waals surface area contributed by atoms with Crippen molar-refractivity contribution in [3.63, 3.8) is 0 Å². The third-order valence-corrected chi connectivity index (χ3v) is 5.55. The highest BCUT2D eigenvalue weighted by Crippen LogP contribution is 2.38. The summed E-state index contributed by atoms with van der Waals surface area (Å²) >= 11 is 5.87. The number of anilines is 1. The van der Waals surface area contributed by atoms with Gasteiger partial charge < -0.3 is 10.2 Å². The molecule has 0 radical (unpaired) electrons. The van der Waals surface area contributed by atoms with Gasteiger partial charge in [-0.15, -0.1) is 0 Å². The van der Waals surface area contributed by atoms with Crippen LogP contribution in [0.4, 0.5) is 18.9 Å². The zero-order chi connectivity index (χ0) is 21.0. The quantitative estimate of drug-likeness (QED) is 0.777. The highest BCUT2D eigenvalue weighted by Gasteiger charge is 2.35. The Hall–Kier alpha value is -1.84. The number of carbonyl (C=O) groups excluding carboxylic acids is 2. The first-order valence-electron chi connectivity index (χ1n) is 9.62. The lowest BCUT2D eigenvalue weighted by Crippen LogP contribution is -2.51. The fourth-order valence-electron chi connectivity index (χ4n) is 3.63. The minimum Gasteiger partial charge on any atom is -0.342 e. The molecule has 1 aromatic carbocycles. The lowest BCUT2D eigenvalue weighted by molar-refractivity contribution is -0.137. The third-order valence-electron chi connectivity index (χ3n) is 5.23. The zero-order valence-electron chi connectivity index (χ0n) is 16.0. The molecule has 3 rings (SSSR count). The van der Waals surface area contributed by atoms with Gasteiger partial charge in [-0.05, 0) is 25.0 Å². The predicted octanol–water partition coefficient (Wildman–Crippen LogP) is 2.54. The lowest BCUT2D eigenvalue weighted by Gasteiger charge is -2.34. The van der Waals surface area contributed by atoms with E-state index in [1.54, 1.807) is 0 Å². The summed E-state index contributed by atoms with van der Waals surface area (Å²) in [5, 5.41) is 2.15. The first-order valence-corrected chi connectivity index (χ1v) is 10.00. The molecule has 2 amide bonds. The molecule has 2 saturated heterocycles. The number of amides is 2. The van der Waals surface area contributed by atoms with Crippen LogP contribution in [-0.4, -0.2) is 78.9 Å². The number of alkyl halides is 3. The average Bonchev–Trinajstić information content (AvgIpc) is 3.19. The summed E-state index contributed by atoms with van der Waals surface area (Å²) < 4.78 is 39.4. The van der Waals surface area contributed by atoms with Gasteiger partial charge in [-0.1, -0.05) is 17.7 Å². The molecule has 2 heterocycles. The molecular formula is C19H24ClF3N4O2. The van der Waals surface area contributed by atoms with E-state index in [2.05, 4.69) is 5.32 Å². The maximum Gasteiger partial charge on any atom is 0.418 e. The van der Waals surface area contributed by atoms with E-state index >= 15 is 0 Å². The largest absolute Gasteiger partial charge is 0.418 e. The van der Waals surface area contributed by atoms with Crippen LogP contribution in [0.25, 0.3) is 0 Å². The summed E-state index contributed by atoms with van der Waals surface area (Å²) in [6.45, 7) is 4.37. The Morgan fingerprint density at radius 3 is 2.14 bits per heavy atom. The monoisotopic (exact) mass is 432 g/mol. The van der Waals surface area contributed by atoms with Crippen LogP contribution in [0.2, 0.25) is 5.02 Å². The Morgan fingerprint density at radius 2 is 1.55 bits per heavy atom. The number of likely N-dealkylation sites (tertiary alicyclic amines) is 1. The molecule has 2 aliphatic heterocycles. The number of nitrogens with zero attached hydrogens (tertiary/aromatic N) is 3. The lowest BCUT2D eigenvalue weighted by atomic mass is 10.1. The van der Waals surface area contributed by atoms with Gasteiger partial charge in [0, 0.05) is 39.3 Å². The van der Waals surface area contributed by atoms with Crippen molar-refractivity contribution in [3.05, 3.63) is 28.8 Å². The molecule has 0 spiro atoms. The summed E-state index contributed by atoms with van der Waals surface area (Å²) in [6.07, 6.45) is -2.51. The Bertz CT molecular complexity index is 745. The zero-order valence-corrected chi connectivity index (χ0v) is 16.7. The molecule has 2 aliphatic rings. The second-order valence-corrected chi connectivity index (χ2v) is 7.76. The van der Waals surface area contributed by atoms with E-state index in [1.807, 2.05) is 14.7 Å². The van der Waals surface area contributed by atoms with E-state index in [-0.39, 0.29) is 17.5 Å². The first kappa shape index (κ1) is 21.9. The number of benzene rings is 1. The van der Waals surface area contributed by atoms with Crippen LogP contribution in [0.15, 0.2) is 18.2 Å². The Labute approximate surface area is 172 Å². The number of hydrogen-bond donors (Lipinski definition) is 1. The predicted molar refractivity (Wildman–Crippen MR) is 104 cm³/mol. The smallest absolute Gasteiger partial charge is 0.342 e. The number of para-hydroxylation sites is 1. The summed E-state index contributed by atoms with van der Waals surface area (Å²) in [7, 11) is 0. The number of halogens is 4. The molecule has 2 fully saturated rings. The molecule has 0 bridgehead atoms. The van der Waals surface area contributed by atoms with E-state index in [9.17, 15) is 22.8 Å². The minimum absolute atomic E-state index is 0.0313. The van der Waals surface area contributed by atoms with E-state index in [4.69, 9.17) is 11.6 Å². The van der Waals surface area contributed by atoms with Crippen molar-refractivity contribution in [2.24, 2.45) is 0 Å². The second kappa shape index (κ2) is 9.32. The van der Waals surface area contributed by atoms with Gasteiger partial charge >= 0.3 is 6.18 Å². The number of piperazine rings is 1. The van der Waals surface area contributed by atoms with Crippen molar-refractivity contribution in [2.45, 2.75) is 19.0 Å². The van der Waals surface area contributed by atoms with Gasteiger partial charge in [0.1, 0.15) is 0 Å². The van der Waals surface area contributed by atoms with Crippen LogP contribution in [0.5, 0.6) is 0 Å². The summed E-state index contributed by atoms with van der Waals surface area (Å²) in [5.74, 6) is -0.419. The van der Waals surface area contributed by atoms with Gasteiger partial charge in [-0.25, -0.2) is 0 Å². The van der Waals surface area contributed by atoms with Gasteiger partial charge in [-0.2, -0.15) is 13.2 Å². The molecular weight excluding hydrogens is 409 g/mol. The van der Waals surface area contributed by atoms with Crippen molar-refractivity contribution in [1.82, 2.24) is 14.7 Å². The van der Waals surface area contributed by atoms with Crippen LogP contribution in [0.1, 0.15) is 18.4 Å². The van der Waals surface area contributed by atoms with Crippen molar-refractivity contribution in [1.29, 1.82) is 0 Å². The van der Waals surface area contributed by atoms with Crippen molar-refractivity contribution < 1.29 is 22.8 Å². The van der Waals surface area contributed by atoms with Crippen molar-refractivity contribution in [2.75, 3.05) is 57.7 Å². The van der Waals surface area contributed by atoms with Gasteiger partial charge in [-0.3, -0.25) is 19.4 Å². The van der Waals surface area contributed by atoms with Crippen LogP contribution in [0, 0.1) is 0 Å². The van der Waals surface area contributed by atoms with Gasteiger partial charge in [0.25, 0.3) is 0 Å². The number of carbonyl (C=O) groups is 2. The molecule has 29 heavy (non-hydrogen) atoms. The van der Waals surface area contributed by atoms with E-state index in [1.165, 1.54) is 12.1 Å². The minimum atomic E-state index is -4.61. The fourth-order valence-corrected chi connectivity index (χ4v) is 3.85. The topological polar surface area (TPSA) is 55.9 Å². The summed E-state index contributed by atoms with van der Waals surface area (Å²) in [4.78, 5) is 30.3. The molecule has 10 heteroatoms. The molecule has 1 aromatic rings. The standard InChI is InChI=1S/C19H24ClF3N4O2/c20-15-5-3-4-14(19(21,22)23)18(15)24-16(28)12-25-8-10-26(11-9-25)13-17(29)27-6-1-2-7-27/h3-5H,1-2,6-13H2,(H,24,28). The molecule has 0 saturated carbocycles. The van der Waals surface area contributed by atoms with E-state index < -0.39 is 23.3 Å². The molecule has 0 aromatic heterocycles. The van der Waals surface area contributed by atoms with Gasteiger partial charge in [0.15, 0.2) is 0 Å². The SMILES string of the molecule is O=C(CN1CCN(CC(=O)N2CCCC2)CC1)Nc1c(Cl)cccc1C(F)(F)F. The summed E-state index contributed by atoms with van der Waals surface area (Å²) in [6, 6.07) is 3.39. The summed E-state index contributed by atoms with van der Waals surface area (Å²) in [5.41, 5.74) is -1.38. The molecule has 0 atom stereocenters. The van der Waals surface area contributed by atoms with Crippen LogP contribution in [0.3, 0.4) is 0 Å². The van der Waals surface area contributed by atoms with Crippen molar-refractivity contribution >= 4 is 29.1 Å². The highest BCUT2D eigenvalue weighted by atomic mass is 35.5. The van der Waals surface area contributed by atoms with Crippen LogP contribution < -0.4 is 5.32 Å². The normalized spacial score (nSPS) is 18.8. The number of nitrogens with one attached hydrogen (secondary N) is 1. The Balaban J connectivity index is 1.49. The maximum atomic E-state index is 13.1. The molecule has 6 nitrogen and oxygen atoms in total. The molecule has 1 N–H and O–H groups in total. The molecule has 0 aliphatic carbocycles. The molecule has 0 unspecified atom stereocenters. The Kier molecular flexibility index (Phi) is 7.02. The highest BCUT2D eigenvalue weighted by molar-refractivity contribution is 6.34. The maximum absolute atomic E-state index is 13.1. The Morgan fingerprint density at radius 1 is 0.966 bits per heavy atom. The third kappa shape index (κ3) is 5.83. The molecule has 160 valence electrons. The van der Waals surface area contributed by atoms with E-state index in [0.717, 1.165) is 32.0 Å². The average molecular weight is 433 g/mol. The number of hydrogen-bond acceptors (Lipinski definition) is 4. The second-order valence-electron chi connectivity index (χ2n) is 7.35. The number of rotatable bonds is 5.